The molecule has 1 aliphatic heterocycles. The van der Waals surface area contributed by atoms with Gasteiger partial charge in [0.1, 0.15) is 11.7 Å². The Morgan fingerprint density at radius 3 is 2.49 bits per heavy atom. The molecule has 0 bridgehead atoms. The Labute approximate surface area is 250 Å². The molecule has 1 aliphatic rings. The van der Waals surface area contributed by atoms with E-state index in [0.29, 0.717) is 29.5 Å². The zero-order valence-corrected chi connectivity index (χ0v) is 24.9. The number of amides is 1. The van der Waals surface area contributed by atoms with E-state index in [2.05, 4.69) is 45.9 Å². The minimum absolute atomic E-state index is 0.114. The van der Waals surface area contributed by atoms with Crippen LogP contribution in [0, 0.1) is 11.6 Å². The summed E-state index contributed by atoms with van der Waals surface area (Å²) in [5.74, 6) is -0.959. The third kappa shape index (κ3) is 7.32. The third-order valence-electron chi connectivity index (χ3n) is 7.52. The van der Waals surface area contributed by atoms with Gasteiger partial charge in [-0.15, -0.1) is 0 Å². The number of hydrogen-bond donors (Lipinski definition) is 4. The van der Waals surface area contributed by atoms with Gasteiger partial charge in [0.15, 0.2) is 17.5 Å². The first kappa shape index (κ1) is 31.1. The van der Waals surface area contributed by atoms with Crippen LogP contribution in [0.15, 0.2) is 82.3 Å². The van der Waals surface area contributed by atoms with Gasteiger partial charge in [0.25, 0.3) is 5.91 Å². The Morgan fingerprint density at radius 1 is 1.12 bits per heavy atom. The topological polar surface area (TPSA) is 121 Å². The van der Waals surface area contributed by atoms with Crippen LogP contribution in [0.2, 0.25) is 0 Å². The van der Waals surface area contributed by atoms with Crippen molar-refractivity contribution in [3.63, 3.8) is 0 Å². The van der Waals surface area contributed by atoms with Gasteiger partial charge in [-0.05, 0) is 61.6 Å². The van der Waals surface area contributed by atoms with Gasteiger partial charge < -0.3 is 16.4 Å². The van der Waals surface area contributed by atoms with Crippen molar-refractivity contribution in [2.45, 2.75) is 59.2 Å². The molecule has 0 saturated heterocycles. The summed E-state index contributed by atoms with van der Waals surface area (Å²) in [6, 6.07) is 10.8. The smallest absolute Gasteiger partial charge is 0.254 e. The molecular formula is C33H37F2N7O. The number of aromatic nitrogens is 2. The molecule has 0 spiro atoms. The first-order valence-electron chi connectivity index (χ1n) is 14.1. The molecule has 224 valence electrons. The van der Waals surface area contributed by atoms with E-state index in [0.717, 1.165) is 46.4 Å². The van der Waals surface area contributed by atoms with Crippen molar-refractivity contribution in [1.82, 2.24) is 20.8 Å². The number of amidine groups is 1. The summed E-state index contributed by atoms with van der Waals surface area (Å²) >= 11 is 0. The van der Waals surface area contributed by atoms with E-state index < -0.39 is 23.6 Å². The van der Waals surface area contributed by atoms with E-state index in [1.807, 2.05) is 44.3 Å². The summed E-state index contributed by atoms with van der Waals surface area (Å²) in [5.41, 5.74) is 12.6. The summed E-state index contributed by atoms with van der Waals surface area (Å²) in [6.45, 7) is 15.8. The van der Waals surface area contributed by atoms with Crippen LogP contribution in [0.1, 0.15) is 62.4 Å². The molecule has 4 rings (SSSR count). The number of aliphatic imine (C=N–C) groups is 2. The molecule has 1 amide bonds. The zero-order chi connectivity index (χ0) is 31.3. The summed E-state index contributed by atoms with van der Waals surface area (Å²) in [5, 5.41) is 13.0. The van der Waals surface area contributed by atoms with Crippen molar-refractivity contribution in [2.75, 3.05) is 5.73 Å². The molecule has 10 heteroatoms. The highest BCUT2D eigenvalue weighted by Crippen LogP contribution is 2.32. The molecule has 5 N–H and O–H groups in total. The van der Waals surface area contributed by atoms with Gasteiger partial charge in [0.2, 0.25) is 0 Å². The van der Waals surface area contributed by atoms with Crippen LogP contribution >= 0.6 is 0 Å². The van der Waals surface area contributed by atoms with E-state index in [1.165, 1.54) is 11.6 Å². The Bertz CT molecular complexity index is 1630. The van der Waals surface area contributed by atoms with Crippen molar-refractivity contribution in [2.24, 2.45) is 9.98 Å². The van der Waals surface area contributed by atoms with Gasteiger partial charge in [-0.3, -0.25) is 14.9 Å². The van der Waals surface area contributed by atoms with Crippen molar-refractivity contribution < 1.29 is 13.6 Å². The van der Waals surface area contributed by atoms with E-state index in [4.69, 9.17) is 10.7 Å². The number of nitrogens with zero attached hydrogens (tertiary/aromatic N) is 3. The summed E-state index contributed by atoms with van der Waals surface area (Å²) in [6.07, 6.45) is 3.35. The number of anilines is 1. The van der Waals surface area contributed by atoms with Crippen molar-refractivity contribution in [3.8, 4) is 0 Å². The van der Waals surface area contributed by atoms with Crippen LogP contribution in [0.5, 0.6) is 0 Å². The third-order valence-corrected chi connectivity index (χ3v) is 7.52. The highest BCUT2D eigenvalue weighted by molar-refractivity contribution is 6.20. The Hall–Kier alpha value is -4.86. The molecule has 2 heterocycles. The predicted molar refractivity (Wildman–Crippen MR) is 169 cm³/mol. The number of halogens is 2. The number of benzene rings is 2. The fourth-order valence-electron chi connectivity index (χ4n) is 4.54. The van der Waals surface area contributed by atoms with Gasteiger partial charge in [-0.2, -0.15) is 5.10 Å². The molecule has 8 nitrogen and oxygen atoms in total. The summed E-state index contributed by atoms with van der Waals surface area (Å²) in [4.78, 5) is 22.4. The lowest BCUT2D eigenvalue weighted by molar-refractivity contribution is -0.117. The fraction of sp³-hybridized carbons (Fsp3) is 0.273. The minimum Gasteiger partial charge on any atom is -0.384 e. The molecule has 1 aromatic heterocycles. The number of hydrogen-bond acceptors (Lipinski definition) is 5. The van der Waals surface area contributed by atoms with Gasteiger partial charge in [0, 0.05) is 24.2 Å². The lowest BCUT2D eigenvalue weighted by atomic mass is 9.94. The number of carbonyl (C=O) groups excluding carboxylic acids is 1. The summed E-state index contributed by atoms with van der Waals surface area (Å²) < 4.78 is 27.1. The molecule has 2 unspecified atom stereocenters. The maximum Gasteiger partial charge on any atom is 0.254 e. The number of carbonyl (C=O) groups is 1. The van der Waals surface area contributed by atoms with Gasteiger partial charge >= 0.3 is 0 Å². The van der Waals surface area contributed by atoms with Gasteiger partial charge in [-0.1, -0.05) is 61.6 Å². The SMILES string of the molecule is C=C(C(=O)NC(C)c1ccc(F)c(F)c1)C(=NCc1ccc(C2=C(CC)Cc3c(n[nH]c3N)N=C2)cc1)NC(C)C(=C)C. The van der Waals surface area contributed by atoms with Crippen molar-refractivity contribution in [3.05, 3.63) is 106 Å². The predicted octanol–water partition coefficient (Wildman–Crippen LogP) is 6.28. The van der Waals surface area contributed by atoms with E-state index in [-0.39, 0.29) is 18.2 Å². The first-order valence-corrected chi connectivity index (χ1v) is 14.1. The largest absolute Gasteiger partial charge is 0.384 e. The molecule has 0 fully saturated rings. The molecule has 3 aromatic rings. The zero-order valence-electron chi connectivity index (χ0n) is 24.9. The first-order chi connectivity index (χ1) is 20.5. The Kier molecular flexibility index (Phi) is 9.70. The molecule has 0 saturated carbocycles. The standard InChI is InChI=1S/C33H37F2N7O/c1-7-23-14-26-30(36)41-42-32(26)38-17-27(23)24-10-8-22(9-11-24)16-37-31(39-20(5)18(2)3)19(4)33(43)40-21(6)25-12-13-28(34)29(35)15-25/h8-13,15,17,20-21H,2,4,7,14,16H2,1,3,5-6H3,(H,37,39)(H,40,43)(H3,36,41,42). The summed E-state index contributed by atoms with van der Waals surface area (Å²) in [7, 11) is 0. The molecule has 0 radical (unpaired) electrons. The molecular weight excluding hydrogens is 548 g/mol. The molecule has 2 aromatic carbocycles. The Balaban J connectivity index is 1.52. The van der Waals surface area contributed by atoms with Crippen LogP contribution in [-0.4, -0.2) is 34.2 Å². The maximum atomic E-state index is 13.7. The normalized spacial score (nSPS) is 14.5. The monoisotopic (exact) mass is 585 g/mol. The van der Waals surface area contributed by atoms with Gasteiger partial charge in [0.05, 0.1) is 18.2 Å². The second-order valence-electron chi connectivity index (χ2n) is 10.7. The quantitative estimate of drug-likeness (QED) is 0.0969. The molecule has 0 aliphatic carbocycles. The highest BCUT2D eigenvalue weighted by Gasteiger charge is 2.20. The molecule has 2 atom stereocenters. The van der Waals surface area contributed by atoms with Crippen LogP contribution in [-0.2, 0) is 17.8 Å². The number of H-pyrrole nitrogens is 1. The number of nitrogen functional groups attached to an aromatic ring is 1. The van der Waals surface area contributed by atoms with Gasteiger partial charge in [-0.25, -0.2) is 13.8 Å². The van der Waals surface area contributed by atoms with Crippen LogP contribution < -0.4 is 16.4 Å². The number of nitrogens with two attached hydrogens (primary N) is 1. The number of fused-ring (bicyclic) bond motifs is 1. The number of nitrogens with one attached hydrogen (secondary N) is 3. The van der Waals surface area contributed by atoms with E-state index in [9.17, 15) is 13.6 Å². The number of allylic oxidation sites excluding steroid dienone is 2. The van der Waals surface area contributed by atoms with E-state index >= 15 is 0 Å². The average molecular weight is 586 g/mol. The molecule has 43 heavy (non-hydrogen) atoms. The van der Waals surface area contributed by atoms with Crippen LogP contribution in [0.3, 0.4) is 0 Å². The minimum atomic E-state index is -0.979. The fourth-order valence-corrected chi connectivity index (χ4v) is 4.54. The Morgan fingerprint density at radius 2 is 1.84 bits per heavy atom. The lowest BCUT2D eigenvalue weighted by Crippen LogP contribution is -2.39. The highest BCUT2D eigenvalue weighted by atomic mass is 19.2. The van der Waals surface area contributed by atoms with Crippen molar-refractivity contribution in [1.29, 1.82) is 0 Å². The maximum absolute atomic E-state index is 13.7. The second kappa shape index (κ2) is 13.4. The van der Waals surface area contributed by atoms with Crippen LogP contribution in [0.25, 0.3) is 5.57 Å². The number of aromatic amines is 1. The average Bonchev–Trinajstić information content (AvgIpc) is 3.22. The van der Waals surface area contributed by atoms with Crippen LogP contribution in [0.4, 0.5) is 20.4 Å². The number of rotatable bonds is 10. The lowest BCUT2D eigenvalue weighted by Gasteiger charge is -2.20. The van der Waals surface area contributed by atoms with Crippen molar-refractivity contribution >= 4 is 35.2 Å². The van der Waals surface area contributed by atoms with E-state index in [1.54, 1.807) is 6.92 Å². The second-order valence-corrected chi connectivity index (χ2v) is 10.7.